The quantitative estimate of drug-likeness (QED) is 0.432. The van der Waals surface area contributed by atoms with Gasteiger partial charge in [0, 0.05) is 18.3 Å². The molecule has 0 aliphatic rings. The van der Waals surface area contributed by atoms with Crippen LogP contribution in [0.4, 0.5) is 0 Å². The molecular weight excluding hydrogens is 224 g/mol. The predicted octanol–water partition coefficient (Wildman–Crippen LogP) is 1.22. The summed E-state index contributed by atoms with van der Waals surface area (Å²) in [5.74, 6) is -0.752. The van der Waals surface area contributed by atoms with Crippen LogP contribution in [0.25, 0.3) is 0 Å². The maximum Gasteiger partial charge on any atom is 0.332 e. The van der Waals surface area contributed by atoms with E-state index in [9.17, 15) is 9.59 Å². The number of methoxy groups -OCH3 is 1. The second-order valence-corrected chi connectivity index (χ2v) is 3.07. The predicted molar refractivity (Wildman–Crippen MR) is 64.3 cm³/mol. The molecule has 0 bridgehead atoms. The summed E-state index contributed by atoms with van der Waals surface area (Å²) in [6, 6.07) is 0. The van der Waals surface area contributed by atoms with Crippen molar-refractivity contribution in [2.75, 3.05) is 20.3 Å². The van der Waals surface area contributed by atoms with Crippen molar-refractivity contribution in [3.8, 4) is 0 Å². The van der Waals surface area contributed by atoms with Crippen LogP contribution in [-0.2, 0) is 19.1 Å². The van der Waals surface area contributed by atoms with Crippen molar-refractivity contribution in [3.63, 3.8) is 0 Å². The number of rotatable bonds is 6. The fourth-order valence-electron chi connectivity index (χ4n) is 0.620. The van der Waals surface area contributed by atoms with Crippen LogP contribution in [0.2, 0.25) is 0 Å². The number of esters is 2. The van der Waals surface area contributed by atoms with Crippen molar-refractivity contribution in [1.82, 2.24) is 0 Å². The number of hydrogen-bond donors (Lipinski definition) is 1. The Bertz CT molecular complexity index is 258. The lowest BCUT2D eigenvalue weighted by Crippen LogP contribution is -2.02. The Labute approximate surface area is 102 Å². The Morgan fingerprint density at radius 1 is 1.35 bits per heavy atom. The Kier molecular flexibility index (Phi) is 13.0. The summed E-state index contributed by atoms with van der Waals surface area (Å²) in [5.41, 5.74) is 0.433. The largest absolute Gasteiger partial charge is 0.466 e. The van der Waals surface area contributed by atoms with Crippen molar-refractivity contribution in [2.24, 2.45) is 0 Å². The molecule has 0 unspecified atom stereocenters. The first-order chi connectivity index (χ1) is 7.99. The summed E-state index contributed by atoms with van der Waals surface area (Å²) >= 11 is 0. The van der Waals surface area contributed by atoms with Crippen LogP contribution in [0.1, 0.15) is 19.8 Å². The maximum absolute atomic E-state index is 10.4. The van der Waals surface area contributed by atoms with Gasteiger partial charge < -0.3 is 14.6 Å². The third-order valence-electron chi connectivity index (χ3n) is 1.50. The molecule has 0 atom stereocenters. The van der Waals surface area contributed by atoms with Crippen molar-refractivity contribution < 1.29 is 24.2 Å². The van der Waals surface area contributed by atoms with Crippen molar-refractivity contribution >= 4 is 11.9 Å². The summed E-state index contributed by atoms with van der Waals surface area (Å²) < 4.78 is 8.90. The topological polar surface area (TPSA) is 72.8 Å². The molecule has 0 aromatic heterocycles. The van der Waals surface area contributed by atoms with E-state index in [1.165, 1.54) is 7.11 Å². The second-order valence-electron chi connectivity index (χ2n) is 3.07. The first-order valence-corrected chi connectivity index (χ1v) is 5.13. The summed E-state index contributed by atoms with van der Waals surface area (Å²) in [4.78, 5) is 20.6. The molecule has 1 N–H and O–H groups in total. The summed E-state index contributed by atoms with van der Waals surface area (Å²) in [5, 5.41) is 8.33. The maximum atomic E-state index is 10.4. The standard InChI is InChI=1S/C7H12O3.C5H8O2/c1-2-7(9)10-6-4-3-5-8;1-4(2)5(6)7-3/h2,8H,1,3-6H2;1H2,2-3H3. The van der Waals surface area contributed by atoms with Crippen LogP contribution < -0.4 is 0 Å². The van der Waals surface area contributed by atoms with Gasteiger partial charge in [0.2, 0.25) is 0 Å². The molecule has 0 saturated carbocycles. The molecular formula is C12H20O5. The summed E-state index contributed by atoms with van der Waals surface area (Å²) in [6.07, 6.45) is 2.50. The first-order valence-electron chi connectivity index (χ1n) is 5.13. The van der Waals surface area contributed by atoms with Gasteiger partial charge in [0.15, 0.2) is 0 Å². The Morgan fingerprint density at radius 3 is 2.24 bits per heavy atom. The van der Waals surface area contributed by atoms with E-state index < -0.39 is 5.97 Å². The van der Waals surface area contributed by atoms with Crippen LogP contribution in [0, 0.1) is 0 Å². The zero-order chi connectivity index (χ0) is 13.7. The minimum Gasteiger partial charge on any atom is -0.466 e. The number of ether oxygens (including phenoxy) is 2. The highest BCUT2D eigenvalue weighted by molar-refractivity contribution is 5.86. The van der Waals surface area contributed by atoms with Gasteiger partial charge in [-0.05, 0) is 19.8 Å². The van der Waals surface area contributed by atoms with Crippen LogP contribution in [0.15, 0.2) is 24.8 Å². The average Bonchev–Trinajstić information content (AvgIpc) is 2.33. The third-order valence-corrected chi connectivity index (χ3v) is 1.50. The molecule has 0 aliphatic heterocycles. The fraction of sp³-hybridized carbons (Fsp3) is 0.500. The second kappa shape index (κ2) is 12.4. The molecule has 98 valence electrons. The molecule has 0 amide bonds. The van der Waals surface area contributed by atoms with Crippen LogP contribution >= 0.6 is 0 Å². The van der Waals surface area contributed by atoms with E-state index in [4.69, 9.17) is 5.11 Å². The van der Waals surface area contributed by atoms with E-state index >= 15 is 0 Å². The number of hydrogen-bond acceptors (Lipinski definition) is 5. The molecule has 5 nitrogen and oxygen atoms in total. The van der Waals surface area contributed by atoms with Gasteiger partial charge in [0.05, 0.1) is 13.7 Å². The number of aliphatic hydroxyl groups is 1. The average molecular weight is 244 g/mol. The van der Waals surface area contributed by atoms with E-state index in [0.717, 1.165) is 6.08 Å². The highest BCUT2D eigenvalue weighted by Gasteiger charge is 1.95. The molecule has 0 fully saturated rings. The molecule has 0 aliphatic carbocycles. The summed E-state index contributed by atoms with van der Waals surface area (Å²) in [6.45, 7) is 8.70. The fourth-order valence-corrected chi connectivity index (χ4v) is 0.620. The molecule has 0 aromatic carbocycles. The number of carbonyl (C=O) groups is 2. The van der Waals surface area contributed by atoms with Gasteiger partial charge in [-0.15, -0.1) is 0 Å². The Balaban J connectivity index is 0. The molecule has 0 aromatic rings. The lowest BCUT2D eigenvalue weighted by molar-refractivity contribution is -0.138. The van der Waals surface area contributed by atoms with Crippen molar-refractivity contribution in [1.29, 1.82) is 0 Å². The van der Waals surface area contributed by atoms with Gasteiger partial charge in [0.25, 0.3) is 0 Å². The van der Waals surface area contributed by atoms with Gasteiger partial charge in [0.1, 0.15) is 0 Å². The van der Waals surface area contributed by atoms with Crippen LogP contribution in [0.5, 0.6) is 0 Å². The van der Waals surface area contributed by atoms with E-state index in [-0.39, 0.29) is 12.6 Å². The number of carbonyl (C=O) groups excluding carboxylic acids is 2. The van der Waals surface area contributed by atoms with E-state index in [1.807, 2.05) is 0 Å². The smallest absolute Gasteiger partial charge is 0.332 e. The minimum atomic E-state index is -0.405. The highest BCUT2D eigenvalue weighted by Crippen LogP contribution is 1.89. The minimum absolute atomic E-state index is 0.144. The van der Waals surface area contributed by atoms with Crippen LogP contribution in [0.3, 0.4) is 0 Å². The van der Waals surface area contributed by atoms with Gasteiger partial charge >= 0.3 is 11.9 Å². The lowest BCUT2D eigenvalue weighted by Gasteiger charge is -1.98. The van der Waals surface area contributed by atoms with E-state index in [1.54, 1.807) is 6.92 Å². The molecule has 5 heteroatoms. The molecule has 0 heterocycles. The zero-order valence-electron chi connectivity index (χ0n) is 10.4. The Hall–Kier alpha value is -1.62. The molecule has 0 spiro atoms. The van der Waals surface area contributed by atoms with Gasteiger partial charge in [-0.2, -0.15) is 0 Å². The monoisotopic (exact) mass is 244 g/mol. The molecule has 0 saturated heterocycles. The normalized spacial score (nSPS) is 8.41. The SMILES string of the molecule is C=C(C)C(=O)OC.C=CC(=O)OCCCCO. The Morgan fingerprint density at radius 2 is 1.94 bits per heavy atom. The summed E-state index contributed by atoms with van der Waals surface area (Å²) in [7, 11) is 1.33. The van der Waals surface area contributed by atoms with Gasteiger partial charge in [-0.3, -0.25) is 0 Å². The van der Waals surface area contributed by atoms with Gasteiger partial charge in [-0.25, -0.2) is 9.59 Å². The van der Waals surface area contributed by atoms with Crippen molar-refractivity contribution in [2.45, 2.75) is 19.8 Å². The van der Waals surface area contributed by atoms with E-state index in [2.05, 4.69) is 22.6 Å². The molecule has 17 heavy (non-hydrogen) atoms. The zero-order valence-corrected chi connectivity index (χ0v) is 10.4. The number of unbranched alkanes of at least 4 members (excludes halogenated alkanes) is 1. The molecule has 0 radical (unpaired) electrons. The number of aliphatic hydroxyl groups excluding tert-OH is 1. The lowest BCUT2D eigenvalue weighted by atomic mass is 10.3. The highest BCUT2D eigenvalue weighted by atomic mass is 16.5. The van der Waals surface area contributed by atoms with Crippen molar-refractivity contribution in [3.05, 3.63) is 24.8 Å². The third kappa shape index (κ3) is 14.4. The first kappa shape index (κ1) is 17.8. The molecule has 0 rings (SSSR count). The van der Waals surface area contributed by atoms with Gasteiger partial charge in [-0.1, -0.05) is 13.2 Å². The van der Waals surface area contributed by atoms with Crippen LogP contribution in [-0.4, -0.2) is 37.4 Å². The van der Waals surface area contributed by atoms with E-state index in [0.29, 0.717) is 25.0 Å².